The Morgan fingerprint density at radius 1 is 1.25 bits per heavy atom. The van der Waals surface area contributed by atoms with Gasteiger partial charge in [-0.1, -0.05) is 18.2 Å². The lowest BCUT2D eigenvalue weighted by molar-refractivity contribution is -0.0515. The summed E-state index contributed by atoms with van der Waals surface area (Å²) in [5.74, 6) is -0.476. The van der Waals surface area contributed by atoms with Crippen LogP contribution in [0, 0.1) is 0 Å². The molecule has 0 atom stereocenters. The molecule has 0 bridgehead atoms. The number of aromatic nitrogens is 2. The van der Waals surface area contributed by atoms with Gasteiger partial charge in [0.05, 0.1) is 16.7 Å². The molecule has 0 unspecified atom stereocenters. The number of hydrazone groups is 1. The number of hydrogen-bond acceptors (Lipinski definition) is 5. The summed E-state index contributed by atoms with van der Waals surface area (Å²) in [6, 6.07) is 6.82. The Morgan fingerprint density at radius 2 is 1.92 bits per heavy atom. The lowest BCUT2D eigenvalue weighted by atomic mass is 9.98. The third kappa shape index (κ3) is 2.94. The second-order valence-electron chi connectivity index (χ2n) is 7.00. The van der Waals surface area contributed by atoms with Crippen LogP contribution in [0.15, 0.2) is 34.2 Å². The summed E-state index contributed by atoms with van der Waals surface area (Å²) in [7, 11) is 0. The van der Waals surface area contributed by atoms with Crippen molar-refractivity contribution in [1.82, 2.24) is 15.6 Å². The summed E-state index contributed by atoms with van der Waals surface area (Å²) < 4.78 is 5.93. The maximum atomic E-state index is 12.5. The summed E-state index contributed by atoms with van der Waals surface area (Å²) in [6.07, 6.45) is 0.625. The van der Waals surface area contributed by atoms with E-state index in [0.717, 1.165) is 5.71 Å². The Bertz CT molecular complexity index is 896. The zero-order valence-corrected chi connectivity index (χ0v) is 14.1. The number of aromatic amines is 1. The molecule has 1 aliphatic rings. The summed E-state index contributed by atoms with van der Waals surface area (Å²) in [4.78, 5) is 24.2. The van der Waals surface area contributed by atoms with Crippen molar-refractivity contribution in [2.75, 3.05) is 0 Å². The lowest BCUT2D eigenvalue weighted by Crippen LogP contribution is -2.32. The Balaban J connectivity index is 1.91. The molecule has 7 nitrogen and oxygen atoms in total. The van der Waals surface area contributed by atoms with Gasteiger partial charge in [-0.15, -0.1) is 0 Å². The van der Waals surface area contributed by atoms with E-state index in [1.54, 1.807) is 24.3 Å². The number of ether oxygens (including phenoxy) is 1. The van der Waals surface area contributed by atoms with E-state index in [1.807, 2.05) is 27.7 Å². The molecule has 1 aromatic heterocycles. The Kier molecular flexibility index (Phi) is 3.76. The van der Waals surface area contributed by atoms with Crippen molar-refractivity contribution in [3.63, 3.8) is 0 Å². The quantitative estimate of drug-likeness (QED) is 0.824. The summed E-state index contributed by atoms with van der Waals surface area (Å²) in [5.41, 5.74) is 2.22. The van der Waals surface area contributed by atoms with Gasteiger partial charge in [0, 0.05) is 11.8 Å². The van der Waals surface area contributed by atoms with Gasteiger partial charge in [-0.3, -0.25) is 9.59 Å². The molecule has 1 aliphatic heterocycles. The number of nitrogens with zero attached hydrogens (tertiary/aromatic N) is 2. The van der Waals surface area contributed by atoms with Gasteiger partial charge in [-0.25, -0.2) is 10.5 Å². The first kappa shape index (κ1) is 16.3. The maximum Gasteiger partial charge on any atom is 0.292 e. The van der Waals surface area contributed by atoms with Gasteiger partial charge in [0.1, 0.15) is 5.60 Å². The fourth-order valence-corrected chi connectivity index (χ4v) is 3.04. The van der Waals surface area contributed by atoms with Crippen molar-refractivity contribution in [3.05, 3.63) is 40.3 Å². The van der Waals surface area contributed by atoms with Crippen LogP contribution in [0.4, 0.5) is 0 Å². The Morgan fingerprint density at radius 3 is 2.54 bits per heavy atom. The van der Waals surface area contributed by atoms with E-state index in [2.05, 4.69) is 20.7 Å². The van der Waals surface area contributed by atoms with Crippen LogP contribution in [0.1, 0.15) is 44.6 Å². The highest BCUT2D eigenvalue weighted by atomic mass is 16.5. The molecule has 3 rings (SSSR count). The normalized spacial score (nSPS) is 20.4. The molecule has 2 N–H and O–H groups in total. The fraction of sp³-hybridized carbons (Fsp3) is 0.412. The number of hydrogen-bond donors (Lipinski definition) is 2. The molecule has 1 saturated heterocycles. The molecule has 2 aromatic rings. The topological polar surface area (TPSA) is 96.4 Å². The van der Waals surface area contributed by atoms with Crippen LogP contribution < -0.4 is 11.0 Å². The van der Waals surface area contributed by atoms with Crippen molar-refractivity contribution < 1.29 is 9.53 Å². The fourth-order valence-electron chi connectivity index (χ4n) is 3.04. The number of carbonyl (C=O) groups is 1. The minimum absolute atomic E-state index is 0.130. The highest BCUT2D eigenvalue weighted by Crippen LogP contribution is 2.34. The van der Waals surface area contributed by atoms with E-state index in [0.29, 0.717) is 17.2 Å². The molecule has 0 aliphatic carbocycles. The molecule has 1 fully saturated rings. The highest BCUT2D eigenvalue weighted by molar-refractivity contribution is 6.05. The van der Waals surface area contributed by atoms with Crippen molar-refractivity contribution in [2.24, 2.45) is 5.10 Å². The van der Waals surface area contributed by atoms with Crippen molar-refractivity contribution >= 4 is 22.4 Å². The van der Waals surface area contributed by atoms with Gasteiger partial charge < -0.3 is 4.74 Å². The van der Waals surface area contributed by atoms with Crippen LogP contribution in [-0.4, -0.2) is 33.0 Å². The van der Waals surface area contributed by atoms with Crippen LogP contribution in [-0.2, 0) is 4.74 Å². The third-order valence-corrected chi connectivity index (χ3v) is 4.02. The zero-order chi connectivity index (χ0) is 17.5. The summed E-state index contributed by atoms with van der Waals surface area (Å²) in [6.45, 7) is 7.80. The SMILES string of the molecule is CC1(C)C/C(=N\NC(=O)c2n[nH]c(=O)c3ccccc23)C(C)(C)O1. The van der Waals surface area contributed by atoms with Crippen LogP contribution >= 0.6 is 0 Å². The average molecular weight is 328 g/mol. The molecule has 1 amide bonds. The monoisotopic (exact) mass is 328 g/mol. The first-order chi connectivity index (χ1) is 11.2. The predicted octanol–water partition coefficient (Wildman–Crippen LogP) is 1.99. The molecular weight excluding hydrogens is 308 g/mol. The van der Waals surface area contributed by atoms with E-state index in [9.17, 15) is 9.59 Å². The number of rotatable bonds is 2. The van der Waals surface area contributed by atoms with E-state index >= 15 is 0 Å². The number of benzene rings is 1. The molecule has 0 radical (unpaired) electrons. The van der Waals surface area contributed by atoms with E-state index in [-0.39, 0.29) is 16.9 Å². The van der Waals surface area contributed by atoms with E-state index in [1.165, 1.54) is 0 Å². The minimum Gasteiger partial charge on any atom is -0.363 e. The van der Waals surface area contributed by atoms with E-state index in [4.69, 9.17) is 4.74 Å². The van der Waals surface area contributed by atoms with E-state index < -0.39 is 11.5 Å². The largest absolute Gasteiger partial charge is 0.363 e. The molecule has 24 heavy (non-hydrogen) atoms. The average Bonchev–Trinajstić information content (AvgIpc) is 2.72. The summed E-state index contributed by atoms with van der Waals surface area (Å²) >= 11 is 0. The highest BCUT2D eigenvalue weighted by Gasteiger charge is 2.43. The van der Waals surface area contributed by atoms with Crippen LogP contribution in [0.3, 0.4) is 0 Å². The number of nitrogens with one attached hydrogen (secondary N) is 2. The molecule has 7 heteroatoms. The first-order valence-electron chi connectivity index (χ1n) is 7.75. The number of H-pyrrole nitrogens is 1. The minimum atomic E-state index is -0.544. The predicted molar refractivity (Wildman–Crippen MR) is 91.1 cm³/mol. The van der Waals surface area contributed by atoms with Crippen molar-refractivity contribution in [2.45, 2.75) is 45.3 Å². The van der Waals surface area contributed by atoms with Gasteiger partial charge in [0.25, 0.3) is 11.5 Å². The molecule has 0 spiro atoms. The Labute approximate surface area is 139 Å². The van der Waals surface area contributed by atoms with Crippen LogP contribution in [0.2, 0.25) is 0 Å². The van der Waals surface area contributed by atoms with Gasteiger partial charge in [0.15, 0.2) is 5.69 Å². The lowest BCUT2D eigenvalue weighted by Gasteiger charge is -2.23. The summed E-state index contributed by atoms with van der Waals surface area (Å²) in [5, 5.41) is 11.3. The Hall–Kier alpha value is -2.54. The number of fused-ring (bicyclic) bond motifs is 1. The molecule has 1 aromatic carbocycles. The first-order valence-corrected chi connectivity index (χ1v) is 7.75. The molecule has 0 saturated carbocycles. The number of amides is 1. The van der Waals surface area contributed by atoms with Gasteiger partial charge in [0.2, 0.25) is 0 Å². The van der Waals surface area contributed by atoms with Crippen LogP contribution in [0.5, 0.6) is 0 Å². The van der Waals surface area contributed by atoms with Crippen molar-refractivity contribution in [1.29, 1.82) is 0 Å². The van der Waals surface area contributed by atoms with Crippen LogP contribution in [0.25, 0.3) is 10.8 Å². The molecule has 126 valence electrons. The molecular formula is C17H20N4O3. The second-order valence-corrected chi connectivity index (χ2v) is 7.00. The standard InChI is InChI=1S/C17H20N4O3/c1-16(2)9-12(17(3,4)24-16)18-21-15(23)13-10-7-5-6-8-11(10)14(22)20-19-13/h5-8H,9H2,1-4H3,(H,20,22)(H,21,23)/b18-12+. The van der Waals surface area contributed by atoms with Gasteiger partial charge >= 0.3 is 0 Å². The zero-order valence-electron chi connectivity index (χ0n) is 14.1. The smallest absolute Gasteiger partial charge is 0.292 e. The number of carbonyl (C=O) groups excluding carboxylic acids is 1. The second kappa shape index (κ2) is 5.52. The maximum absolute atomic E-state index is 12.5. The van der Waals surface area contributed by atoms with Crippen molar-refractivity contribution in [3.8, 4) is 0 Å². The van der Waals surface area contributed by atoms with Gasteiger partial charge in [-0.05, 0) is 33.8 Å². The molecule has 2 heterocycles. The third-order valence-electron chi connectivity index (χ3n) is 4.02. The van der Waals surface area contributed by atoms with Gasteiger partial charge in [-0.2, -0.15) is 10.2 Å².